The van der Waals surface area contributed by atoms with Crippen LogP contribution in [0.3, 0.4) is 0 Å². The molecule has 1 aromatic carbocycles. The molecule has 6 rings (SSSR count). The Bertz CT molecular complexity index is 1380. The number of carbonyl (C=O) groups excluding carboxylic acids is 4. The van der Waals surface area contributed by atoms with E-state index in [1.807, 2.05) is 6.07 Å². The average molecular weight is 602 g/mol. The van der Waals surface area contributed by atoms with Crippen LogP contribution in [-0.4, -0.2) is 104 Å². The monoisotopic (exact) mass is 601 g/mol. The first-order chi connectivity index (χ1) is 20.5. The minimum Gasteiger partial charge on any atom is -0.482 e. The number of nitrogens with zero attached hydrogens (tertiary/aromatic N) is 1. The molecule has 43 heavy (non-hydrogen) atoms. The third-order valence-electron chi connectivity index (χ3n) is 9.21. The Labute approximate surface area is 247 Å². The van der Waals surface area contributed by atoms with Crippen LogP contribution in [0, 0.1) is 5.92 Å². The first kappa shape index (κ1) is 29.4. The predicted octanol–water partition coefficient (Wildman–Crippen LogP) is 0.564. The number of esters is 4. The van der Waals surface area contributed by atoms with Gasteiger partial charge in [-0.1, -0.05) is 18.2 Å². The van der Waals surface area contributed by atoms with Crippen LogP contribution in [-0.2, 0) is 54.7 Å². The second-order valence-electron chi connectivity index (χ2n) is 11.7. The molecule has 0 saturated carbocycles. The summed E-state index contributed by atoms with van der Waals surface area (Å²) in [5, 5.41) is 11.1. The number of likely N-dealkylation sites (tertiary alicyclic amines) is 1. The van der Waals surface area contributed by atoms with Crippen molar-refractivity contribution in [2.24, 2.45) is 5.92 Å². The van der Waals surface area contributed by atoms with Crippen LogP contribution >= 0.6 is 0 Å². The van der Waals surface area contributed by atoms with Crippen LogP contribution in [0.25, 0.3) is 0 Å². The minimum atomic E-state index is -1.59. The molecule has 2 aliphatic carbocycles. The molecule has 13 heteroatoms. The number of rotatable bonds is 6. The van der Waals surface area contributed by atoms with Gasteiger partial charge in [0.15, 0.2) is 29.8 Å². The summed E-state index contributed by atoms with van der Waals surface area (Å²) in [4.78, 5) is 51.6. The maximum Gasteiger partial charge on any atom is 0.339 e. The molecule has 0 amide bonds. The van der Waals surface area contributed by atoms with Gasteiger partial charge < -0.3 is 43.2 Å². The quantitative estimate of drug-likeness (QED) is 0.274. The molecule has 2 saturated heterocycles. The number of likely N-dealkylation sites (N-methyl/N-ethyl adjacent to an activating group) is 1. The van der Waals surface area contributed by atoms with Crippen LogP contribution in [0.15, 0.2) is 24.3 Å². The van der Waals surface area contributed by atoms with Gasteiger partial charge in [-0.05, 0) is 38.1 Å². The van der Waals surface area contributed by atoms with Crippen LogP contribution in [0.4, 0.5) is 0 Å². The number of hydrogen-bond acceptors (Lipinski definition) is 13. The number of ether oxygens (including phenoxy) is 7. The number of carbonyl (C=O) groups is 4. The van der Waals surface area contributed by atoms with Crippen LogP contribution in [0.1, 0.15) is 38.3 Å². The molecular weight excluding hydrogens is 566 g/mol. The Morgan fingerprint density at radius 2 is 1.65 bits per heavy atom. The zero-order chi connectivity index (χ0) is 30.8. The molecule has 1 N–H and O–H groups in total. The van der Waals surface area contributed by atoms with Crippen molar-refractivity contribution in [1.29, 1.82) is 0 Å². The smallest absolute Gasteiger partial charge is 0.339 e. The van der Waals surface area contributed by atoms with E-state index < -0.39 is 72.2 Å². The van der Waals surface area contributed by atoms with Gasteiger partial charge in [0, 0.05) is 43.7 Å². The summed E-state index contributed by atoms with van der Waals surface area (Å²) >= 11 is 0. The number of aliphatic hydroxyl groups excluding tert-OH is 1. The third-order valence-corrected chi connectivity index (χ3v) is 9.21. The second kappa shape index (κ2) is 10.8. The molecular formula is C30H35NO12. The van der Waals surface area contributed by atoms with Crippen LogP contribution in [0.2, 0.25) is 0 Å². The van der Waals surface area contributed by atoms with E-state index in [-0.39, 0.29) is 17.7 Å². The van der Waals surface area contributed by atoms with E-state index in [0.29, 0.717) is 5.75 Å². The SMILES string of the molecule is COC(=O)[C@H]1O[C@@H](Oc2ccc3c4c2O[C@H]2[C@@H](O)C=C[C@@H]5[C@@H](C3)N(C)CC[C@@]452)[C@H](OC(C)=O)[C@@H](OC(C)=O)[C@@H]1OC(C)=O. The van der Waals surface area contributed by atoms with Crippen molar-refractivity contribution in [3.05, 3.63) is 35.4 Å². The van der Waals surface area contributed by atoms with Crippen molar-refractivity contribution < 1.29 is 57.4 Å². The fourth-order valence-electron chi connectivity index (χ4n) is 7.62. The molecule has 2 fully saturated rings. The Morgan fingerprint density at radius 3 is 2.33 bits per heavy atom. The first-order valence-electron chi connectivity index (χ1n) is 14.3. The van der Waals surface area contributed by atoms with E-state index in [1.165, 1.54) is 0 Å². The number of benzene rings is 1. The van der Waals surface area contributed by atoms with E-state index in [4.69, 9.17) is 33.2 Å². The highest BCUT2D eigenvalue weighted by atomic mass is 16.7. The lowest BCUT2D eigenvalue weighted by atomic mass is 9.53. The average Bonchev–Trinajstić information content (AvgIpc) is 3.30. The van der Waals surface area contributed by atoms with E-state index in [1.54, 1.807) is 12.1 Å². The van der Waals surface area contributed by atoms with Crippen LogP contribution < -0.4 is 9.47 Å². The van der Waals surface area contributed by atoms with E-state index in [0.717, 1.165) is 58.4 Å². The van der Waals surface area contributed by atoms with Gasteiger partial charge in [0.25, 0.3) is 0 Å². The van der Waals surface area contributed by atoms with Crippen molar-refractivity contribution in [2.45, 2.75) is 88.0 Å². The zero-order valence-electron chi connectivity index (χ0n) is 24.5. The normalized spacial score (nSPS) is 36.9. The highest BCUT2D eigenvalue weighted by Gasteiger charge is 2.64. The van der Waals surface area contributed by atoms with Gasteiger partial charge in [-0.2, -0.15) is 0 Å². The minimum absolute atomic E-state index is 0.116. The first-order valence-corrected chi connectivity index (χ1v) is 14.3. The van der Waals surface area contributed by atoms with Gasteiger partial charge >= 0.3 is 23.9 Å². The second-order valence-corrected chi connectivity index (χ2v) is 11.7. The molecule has 2 bridgehead atoms. The summed E-state index contributed by atoms with van der Waals surface area (Å²) in [6.45, 7) is 4.20. The summed E-state index contributed by atoms with van der Waals surface area (Å²) in [6.07, 6.45) is -3.51. The topological polar surface area (TPSA) is 156 Å². The summed E-state index contributed by atoms with van der Waals surface area (Å²) in [7, 11) is 3.23. The summed E-state index contributed by atoms with van der Waals surface area (Å²) < 4.78 is 40.0. The molecule has 232 valence electrons. The number of hydrogen-bond donors (Lipinski definition) is 1. The van der Waals surface area contributed by atoms with Gasteiger partial charge in [-0.25, -0.2) is 4.79 Å². The van der Waals surface area contributed by atoms with Crippen molar-refractivity contribution >= 4 is 23.9 Å². The lowest BCUT2D eigenvalue weighted by molar-refractivity contribution is -0.282. The van der Waals surface area contributed by atoms with Crippen LogP contribution in [0.5, 0.6) is 11.5 Å². The fourth-order valence-corrected chi connectivity index (χ4v) is 7.62. The van der Waals surface area contributed by atoms with Crippen molar-refractivity contribution in [2.75, 3.05) is 20.7 Å². The maximum absolute atomic E-state index is 12.8. The lowest BCUT2D eigenvalue weighted by Gasteiger charge is -2.56. The summed E-state index contributed by atoms with van der Waals surface area (Å²) in [5.41, 5.74) is 1.58. The van der Waals surface area contributed by atoms with E-state index >= 15 is 0 Å². The Balaban J connectivity index is 1.42. The van der Waals surface area contributed by atoms with Gasteiger partial charge in [-0.15, -0.1) is 0 Å². The molecule has 0 radical (unpaired) electrons. The molecule has 0 aromatic heterocycles. The zero-order valence-corrected chi connectivity index (χ0v) is 24.5. The van der Waals surface area contributed by atoms with Crippen molar-refractivity contribution in [3.63, 3.8) is 0 Å². The van der Waals surface area contributed by atoms with Gasteiger partial charge in [0.05, 0.1) is 7.11 Å². The van der Waals surface area contributed by atoms with Crippen molar-refractivity contribution in [3.8, 4) is 11.5 Å². The van der Waals surface area contributed by atoms with Crippen molar-refractivity contribution in [1.82, 2.24) is 4.90 Å². The molecule has 1 aromatic rings. The number of methoxy groups -OCH3 is 1. The fraction of sp³-hybridized carbons (Fsp3) is 0.600. The van der Waals surface area contributed by atoms with Gasteiger partial charge in [0.1, 0.15) is 12.2 Å². The summed E-state index contributed by atoms with van der Waals surface area (Å²) in [5.74, 6) is -2.49. The van der Waals surface area contributed by atoms with Gasteiger partial charge in [0.2, 0.25) is 12.4 Å². The largest absolute Gasteiger partial charge is 0.482 e. The Kier molecular flexibility index (Phi) is 7.38. The van der Waals surface area contributed by atoms with Gasteiger partial charge in [-0.3, -0.25) is 14.4 Å². The third kappa shape index (κ3) is 4.64. The Hall–Kier alpha value is -3.68. The molecule has 13 nitrogen and oxygen atoms in total. The molecule has 10 atom stereocenters. The number of piperidine rings is 1. The lowest BCUT2D eigenvalue weighted by Crippen LogP contribution is -2.64. The van der Waals surface area contributed by atoms with E-state index in [2.05, 4.69) is 18.0 Å². The highest BCUT2D eigenvalue weighted by molar-refractivity contribution is 5.77. The maximum atomic E-state index is 12.8. The number of aliphatic hydroxyl groups is 1. The summed E-state index contributed by atoms with van der Waals surface area (Å²) in [6, 6.07) is 3.90. The molecule has 3 heterocycles. The molecule has 3 aliphatic heterocycles. The Morgan fingerprint density at radius 1 is 0.977 bits per heavy atom. The molecule has 5 aliphatic rings. The molecule has 1 spiro atoms. The highest BCUT2D eigenvalue weighted by Crippen LogP contribution is 2.62. The standard InChI is InChI=1S/C30H35NO12/c1-13(32)38-23-24(39-14(2)33)26(40-15(3)34)29(43-25(23)28(36)37-5)41-20-9-6-16-12-18-17-7-8-19(35)27-30(17,10-11-31(18)4)21(16)22(20)42-27/h6-9,17-19,23-27,29,35H,10-12H2,1-5H3/t17-,18-,19+,23+,24+,25+,26-,27+,29-,30+/m1/s1. The van der Waals surface area contributed by atoms with E-state index in [9.17, 15) is 24.3 Å². The predicted molar refractivity (Wildman–Crippen MR) is 144 cm³/mol. The molecule has 0 unspecified atom stereocenters.